The predicted molar refractivity (Wildman–Crippen MR) is 65.4 cm³/mol. The Labute approximate surface area is 99.3 Å². The lowest BCUT2D eigenvalue weighted by Gasteiger charge is -2.70. The summed E-state index contributed by atoms with van der Waals surface area (Å²) in [6.45, 7) is 9.58. The molecule has 1 saturated carbocycles. The van der Waals surface area contributed by atoms with Crippen LogP contribution in [0.1, 0.15) is 39.5 Å². The van der Waals surface area contributed by atoms with Gasteiger partial charge in [-0.3, -0.25) is 0 Å². The van der Waals surface area contributed by atoms with E-state index in [0.717, 1.165) is 13.2 Å². The largest absolute Gasteiger partial charge is 0.381 e. The van der Waals surface area contributed by atoms with Gasteiger partial charge >= 0.3 is 0 Å². The van der Waals surface area contributed by atoms with E-state index in [-0.39, 0.29) is 0 Å². The van der Waals surface area contributed by atoms with Gasteiger partial charge < -0.3 is 9.64 Å². The molecule has 0 radical (unpaired) electrons. The molecule has 0 aromatic heterocycles. The van der Waals surface area contributed by atoms with Crippen molar-refractivity contribution >= 4 is 0 Å². The first kappa shape index (κ1) is 11.0. The number of rotatable bonds is 0. The van der Waals surface area contributed by atoms with Crippen molar-refractivity contribution in [1.29, 1.82) is 0 Å². The normalized spacial score (nSPS) is 53.4. The van der Waals surface area contributed by atoms with E-state index in [1.54, 1.807) is 0 Å². The lowest BCUT2D eigenvalue weighted by Crippen LogP contribution is -2.68. The molecule has 2 aliphatic heterocycles. The summed E-state index contributed by atoms with van der Waals surface area (Å²) in [5.74, 6) is 0. The van der Waals surface area contributed by atoms with Gasteiger partial charge in [0.05, 0.1) is 0 Å². The number of likely N-dealkylation sites (tertiary alicyclic amines) is 1. The van der Waals surface area contributed by atoms with Gasteiger partial charge in [0, 0.05) is 26.3 Å². The van der Waals surface area contributed by atoms with E-state index >= 15 is 0 Å². The molecule has 0 aromatic rings. The average molecular weight is 223 g/mol. The molecule has 2 heteroatoms. The van der Waals surface area contributed by atoms with E-state index in [1.807, 2.05) is 0 Å². The number of nitrogens with zero attached hydrogens (tertiary/aromatic N) is 1. The van der Waals surface area contributed by atoms with Crippen molar-refractivity contribution < 1.29 is 4.74 Å². The highest BCUT2D eigenvalue weighted by Gasteiger charge is 2.66. The van der Waals surface area contributed by atoms with E-state index < -0.39 is 0 Å². The minimum atomic E-state index is 0.490. The third kappa shape index (κ3) is 1.15. The van der Waals surface area contributed by atoms with Gasteiger partial charge in [-0.15, -0.1) is 0 Å². The fourth-order valence-corrected chi connectivity index (χ4v) is 5.21. The van der Waals surface area contributed by atoms with Crippen molar-refractivity contribution in [3.8, 4) is 0 Å². The molecule has 3 unspecified atom stereocenters. The van der Waals surface area contributed by atoms with Crippen LogP contribution in [0.4, 0.5) is 0 Å². The third-order valence-electron chi connectivity index (χ3n) is 6.12. The van der Waals surface area contributed by atoms with Crippen LogP contribution in [0.5, 0.6) is 0 Å². The maximum Gasteiger partial charge on any atom is 0.0471 e. The van der Waals surface area contributed by atoms with Crippen LogP contribution in [0.15, 0.2) is 0 Å². The topological polar surface area (TPSA) is 12.5 Å². The van der Waals surface area contributed by atoms with Crippen LogP contribution in [0.2, 0.25) is 0 Å². The van der Waals surface area contributed by atoms with Gasteiger partial charge in [-0.25, -0.2) is 0 Å². The van der Waals surface area contributed by atoms with Crippen LogP contribution in [0.3, 0.4) is 0 Å². The summed E-state index contributed by atoms with van der Waals surface area (Å²) in [6, 6.07) is 0. The van der Waals surface area contributed by atoms with Gasteiger partial charge in [-0.05, 0) is 49.0 Å². The Hall–Kier alpha value is -0.0800. The molecule has 3 atom stereocenters. The van der Waals surface area contributed by atoms with Crippen LogP contribution in [0, 0.1) is 16.2 Å². The summed E-state index contributed by atoms with van der Waals surface area (Å²) >= 11 is 0. The summed E-state index contributed by atoms with van der Waals surface area (Å²) in [4.78, 5) is 2.56. The van der Waals surface area contributed by atoms with E-state index in [2.05, 4.69) is 25.8 Å². The molecule has 2 nitrogen and oxygen atoms in total. The minimum Gasteiger partial charge on any atom is -0.381 e. The van der Waals surface area contributed by atoms with E-state index in [0.29, 0.717) is 16.2 Å². The number of ether oxygens (including phenoxy) is 1. The molecule has 1 aliphatic carbocycles. The molecule has 0 amide bonds. The Morgan fingerprint density at radius 3 is 2.12 bits per heavy atom. The fourth-order valence-electron chi connectivity index (χ4n) is 5.21. The zero-order valence-corrected chi connectivity index (χ0v) is 11.0. The van der Waals surface area contributed by atoms with E-state index in [4.69, 9.17) is 4.74 Å². The highest BCUT2D eigenvalue weighted by molar-refractivity contribution is 5.16. The second-order valence-corrected chi connectivity index (χ2v) is 6.99. The molecular formula is C14H25NO. The Morgan fingerprint density at radius 1 is 0.875 bits per heavy atom. The maximum absolute atomic E-state index is 5.76. The maximum atomic E-state index is 5.76. The molecule has 3 fully saturated rings. The SMILES string of the molecule is CN1CC2(C)CCOCCC23CCC3(C)C1. The molecule has 2 heterocycles. The molecule has 16 heavy (non-hydrogen) atoms. The molecule has 2 saturated heterocycles. The average Bonchev–Trinajstić information content (AvgIpc) is 2.35. The van der Waals surface area contributed by atoms with E-state index in [1.165, 1.54) is 38.8 Å². The summed E-state index contributed by atoms with van der Waals surface area (Å²) in [7, 11) is 2.30. The smallest absolute Gasteiger partial charge is 0.0471 e. The van der Waals surface area contributed by atoms with Crippen LogP contribution >= 0.6 is 0 Å². The van der Waals surface area contributed by atoms with Gasteiger partial charge in [0.25, 0.3) is 0 Å². The van der Waals surface area contributed by atoms with Crippen molar-refractivity contribution in [2.45, 2.75) is 39.5 Å². The van der Waals surface area contributed by atoms with Gasteiger partial charge in [0.2, 0.25) is 0 Å². The highest BCUT2D eigenvalue weighted by atomic mass is 16.5. The molecule has 92 valence electrons. The first-order valence-electron chi connectivity index (χ1n) is 6.78. The van der Waals surface area contributed by atoms with Crippen molar-refractivity contribution in [3.05, 3.63) is 0 Å². The van der Waals surface area contributed by atoms with Crippen LogP contribution in [0.25, 0.3) is 0 Å². The molecule has 1 spiro atoms. The Kier molecular flexibility index (Phi) is 2.23. The van der Waals surface area contributed by atoms with Crippen LogP contribution in [-0.2, 0) is 4.74 Å². The molecule has 0 N–H and O–H groups in total. The molecule has 3 aliphatic rings. The second kappa shape index (κ2) is 3.23. The number of hydrogen-bond acceptors (Lipinski definition) is 2. The first-order valence-corrected chi connectivity index (χ1v) is 6.78. The fraction of sp³-hybridized carbons (Fsp3) is 1.00. The molecule has 0 aromatic carbocycles. The standard InChI is InChI=1S/C14H25NO/c1-12-4-5-14(12)7-9-16-8-6-13(14,2)11-15(3)10-12/h4-11H2,1-3H3. The zero-order chi connectivity index (χ0) is 11.4. The first-order chi connectivity index (χ1) is 7.52. The second-order valence-electron chi connectivity index (χ2n) is 6.99. The van der Waals surface area contributed by atoms with Gasteiger partial charge in [0.15, 0.2) is 0 Å². The summed E-state index contributed by atoms with van der Waals surface area (Å²) < 4.78 is 5.76. The molecular weight excluding hydrogens is 198 g/mol. The summed E-state index contributed by atoms with van der Waals surface area (Å²) in [6.07, 6.45) is 5.42. The van der Waals surface area contributed by atoms with Crippen molar-refractivity contribution in [2.24, 2.45) is 16.2 Å². The Balaban J connectivity index is 2.01. The monoisotopic (exact) mass is 223 g/mol. The minimum absolute atomic E-state index is 0.490. The van der Waals surface area contributed by atoms with Crippen molar-refractivity contribution in [3.63, 3.8) is 0 Å². The van der Waals surface area contributed by atoms with Gasteiger partial charge in [-0.1, -0.05) is 13.8 Å². The van der Waals surface area contributed by atoms with Crippen LogP contribution in [-0.4, -0.2) is 38.3 Å². The van der Waals surface area contributed by atoms with Crippen molar-refractivity contribution in [1.82, 2.24) is 4.90 Å². The molecule has 0 bridgehead atoms. The Bertz CT molecular complexity index is 305. The van der Waals surface area contributed by atoms with E-state index in [9.17, 15) is 0 Å². The highest BCUT2D eigenvalue weighted by Crippen LogP contribution is 2.70. The number of hydrogen-bond donors (Lipinski definition) is 0. The third-order valence-corrected chi connectivity index (χ3v) is 6.12. The predicted octanol–water partition coefficient (Wildman–Crippen LogP) is 2.54. The van der Waals surface area contributed by atoms with Gasteiger partial charge in [-0.2, -0.15) is 0 Å². The molecule has 3 rings (SSSR count). The lowest BCUT2D eigenvalue weighted by molar-refractivity contribution is -0.212. The summed E-state index contributed by atoms with van der Waals surface area (Å²) in [5, 5.41) is 0. The number of piperidine rings is 1. The lowest BCUT2D eigenvalue weighted by atomic mass is 9.38. The van der Waals surface area contributed by atoms with Gasteiger partial charge in [0.1, 0.15) is 0 Å². The van der Waals surface area contributed by atoms with Crippen LogP contribution < -0.4 is 0 Å². The zero-order valence-electron chi connectivity index (χ0n) is 11.0. The van der Waals surface area contributed by atoms with Crippen molar-refractivity contribution in [2.75, 3.05) is 33.4 Å². The quantitative estimate of drug-likeness (QED) is 0.626. The summed E-state index contributed by atoms with van der Waals surface area (Å²) in [5.41, 5.74) is 1.63. The Morgan fingerprint density at radius 2 is 1.50 bits per heavy atom.